The predicted octanol–water partition coefficient (Wildman–Crippen LogP) is 2.78. The summed E-state index contributed by atoms with van der Waals surface area (Å²) in [6.07, 6.45) is 2.07. The fourth-order valence-electron chi connectivity index (χ4n) is 2.14. The molecular formula is C19H20N4O. The van der Waals surface area contributed by atoms with Crippen LogP contribution < -0.4 is 21.7 Å². The van der Waals surface area contributed by atoms with Crippen molar-refractivity contribution in [2.45, 2.75) is 6.92 Å². The first kappa shape index (κ1) is 17.1. The van der Waals surface area contributed by atoms with E-state index < -0.39 is 0 Å². The van der Waals surface area contributed by atoms with Crippen molar-refractivity contribution in [2.75, 3.05) is 6.61 Å². The van der Waals surface area contributed by atoms with Gasteiger partial charge in [0.2, 0.25) is 0 Å². The molecule has 2 rings (SSSR count). The van der Waals surface area contributed by atoms with Gasteiger partial charge in [0.15, 0.2) is 5.70 Å². The number of rotatable bonds is 6. The average molecular weight is 320 g/mol. The first-order chi connectivity index (χ1) is 11.6. The first-order valence-corrected chi connectivity index (χ1v) is 7.46. The SMILES string of the molecule is C/C(=C\c1ccccc1)COc1cccc(/C(N)=C(\C#N)NN)c1. The van der Waals surface area contributed by atoms with Crippen molar-refractivity contribution >= 4 is 11.8 Å². The third-order valence-corrected chi connectivity index (χ3v) is 3.35. The quantitative estimate of drug-likeness (QED) is 0.432. The highest BCUT2D eigenvalue weighted by atomic mass is 16.5. The van der Waals surface area contributed by atoms with Crippen molar-refractivity contribution in [2.24, 2.45) is 11.6 Å². The third kappa shape index (κ3) is 4.63. The summed E-state index contributed by atoms with van der Waals surface area (Å²) in [4.78, 5) is 0. The second kappa shape index (κ2) is 8.42. The largest absolute Gasteiger partial charge is 0.489 e. The number of hydrogen-bond acceptors (Lipinski definition) is 5. The third-order valence-electron chi connectivity index (χ3n) is 3.35. The molecule has 0 aliphatic rings. The van der Waals surface area contributed by atoms with E-state index in [0.29, 0.717) is 17.9 Å². The molecule has 0 amide bonds. The molecule has 0 atom stereocenters. The molecule has 0 saturated heterocycles. The Kier molecular flexibility index (Phi) is 6.01. The summed E-state index contributed by atoms with van der Waals surface area (Å²) in [6.45, 7) is 2.47. The number of ether oxygens (including phenoxy) is 1. The van der Waals surface area contributed by atoms with Crippen LogP contribution in [0.2, 0.25) is 0 Å². The molecule has 0 unspecified atom stereocenters. The molecule has 0 saturated carbocycles. The predicted molar refractivity (Wildman–Crippen MR) is 96.1 cm³/mol. The molecule has 5 heteroatoms. The van der Waals surface area contributed by atoms with Crippen LogP contribution in [0.25, 0.3) is 11.8 Å². The van der Waals surface area contributed by atoms with Gasteiger partial charge in [0.05, 0.1) is 5.70 Å². The maximum atomic E-state index is 8.97. The van der Waals surface area contributed by atoms with E-state index in [4.69, 9.17) is 21.6 Å². The Morgan fingerprint density at radius 1 is 1.21 bits per heavy atom. The molecule has 0 radical (unpaired) electrons. The van der Waals surface area contributed by atoms with Gasteiger partial charge in [-0.25, -0.2) is 5.84 Å². The van der Waals surface area contributed by atoms with Gasteiger partial charge >= 0.3 is 0 Å². The van der Waals surface area contributed by atoms with Gasteiger partial charge in [-0.2, -0.15) is 5.26 Å². The average Bonchev–Trinajstić information content (AvgIpc) is 2.62. The smallest absolute Gasteiger partial charge is 0.151 e. The van der Waals surface area contributed by atoms with Crippen molar-refractivity contribution < 1.29 is 4.74 Å². The summed E-state index contributed by atoms with van der Waals surface area (Å²) in [5.74, 6) is 5.95. The van der Waals surface area contributed by atoms with E-state index in [-0.39, 0.29) is 11.4 Å². The van der Waals surface area contributed by atoms with E-state index in [1.54, 1.807) is 12.1 Å². The van der Waals surface area contributed by atoms with Gasteiger partial charge < -0.3 is 15.9 Å². The van der Waals surface area contributed by atoms with E-state index in [0.717, 1.165) is 11.1 Å². The molecule has 0 fully saturated rings. The van der Waals surface area contributed by atoms with Crippen molar-refractivity contribution in [3.8, 4) is 11.8 Å². The van der Waals surface area contributed by atoms with Gasteiger partial charge in [-0.05, 0) is 30.2 Å². The lowest BCUT2D eigenvalue weighted by Gasteiger charge is -2.10. The molecule has 24 heavy (non-hydrogen) atoms. The zero-order chi connectivity index (χ0) is 17.4. The summed E-state index contributed by atoms with van der Waals surface area (Å²) in [5, 5.41) is 8.97. The summed E-state index contributed by atoms with van der Waals surface area (Å²) in [5.41, 5.74) is 11.5. The zero-order valence-corrected chi connectivity index (χ0v) is 13.5. The van der Waals surface area contributed by atoms with Crippen LogP contribution in [0.5, 0.6) is 5.75 Å². The summed E-state index contributed by atoms with van der Waals surface area (Å²) in [6, 6.07) is 19.2. The molecule has 0 spiro atoms. The Bertz CT molecular complexity index is 789. The van der Waals surface area contributed by atoms with Crippen LogP contribution in [0.3, 0.4) is 0 Å². The van der Waals surface area contributed by atoms with Crippen LogP contribution in [-0.4, -0.2) is 6.61 Å². The summed E-state index contributed by atoms with van der Waals surface area (Å²) < 4.78 is 5.80. The summed E-state index contributed by atoms with van der Waals surface area (Å²) >= 11 is 0. The fourth-order valence-corrected chi connectivity index (χ4v) is 2.14. The number of nitrogens with zero attached hydrogens (tertiary/aromatic N) is 1. The van der Waals surface area contributed by atoms with Crippen molar-refractivity contribution in [1.82, 2.24) is 5.43 Å². The Morgan fingerprint density at radius 3 is 2.62 bits per heavy atom. The molecule has 122 valence electrons. The summed E-state index contributed by atoms with van der Waals surface area (Å²) in [7, 11) is 0. The van der Waals surface area contributed by atoms with Gasteiger partial charge in [0, 0.05) is 5.56 Å². The highest BCUT2D eigenvalue weighted by Crippen LogP contribution is 2.19. The van der Waals surface area contributed by atoms with Crippen LogP contribution in [0.1, 0.15) is 18.1 Å². The van der Waals surface area contributed by atoms with E-state index in [9.17, 15) is 0 Å². The van der Waals surface area contributed by atoms with Crippen LogP contribution in [0, 0.1) is 11.3 Å². The fraction of sp³-hybridized carbons (Fsp3) is 0.105. The Balaban J connectivity index is 2.09. The maximum absolute atomic E-state index is 8.97. The van der Waals surface area contributed by atoms with Crippen LogP contribution >= 0.6 is 0 Å². The molecule has 0 aliphatic carbocycles. The maximum Gasteiger partial charge on any atom is 0.151 e. The van der Waals surface area contributed by atoms with Crippen LogP contribution in [0.15, 0.2) is 65.9 Å². The van der Waals surface area contributed by atoms with Gasteiger partial charge in [0.1, 0.15) is 18.4 Å². The van der Waals surface area contributed by atoms with Gasteiger partial charge in [-0.15, -0.1) is 0 Å². The monoisotopic (exact) mass is 320 g/mol. The normalized spacial score (nSPS) is 12.1. The Labute approximate surface area is 141 Å². The number of nitrogens with one attached hydrogen (secondary N) is 1. The number of hydrazine groups is 1. The molecule has 0 heterocycles. The molecule has 2 aromatic carbocycles. The van der Waals surface area contributed by atoms with Crippen molar-refractivity contribution in [1.29, 1.82) is 5.26 Å². The van der Waals surface area contributed by atoms with Crippen molar-refractivity contribution in [3.05, 3.63) is 77.0 Å². The highest BCUT2D eigenvalue weighted by molar-refractivity contribution is 5.69. The number of benzene rings is 2. The van der Waals surface area contributed by atoms with Gasteiger partial charge in [-0.1, -0.05) is 48.5 Å². The zero-order valence-electron chi connectivity index (χ0n) is 13.5. The lowest BCUT2D eigenvalue weighted by atomic mass is 10.1. The van der Waals surface area contributed by atoms with Crippen LogP contribution in [-0.2, 0) is 0 Å². The first-order valence-electron chi connectivity index (χ1n) is 7.46. The van der Waals surface area contributed by atoms with E-state index in [1.807, 2.05) is 55.5 Å². The van der Waals surface area contributed by atoms with E-state index in [2.05, 4.69) is 11.5 Å². The number of nitrogens with two attached hydrogens (primary N) is 2. The van der Waals surface area contributed by atoms with E-state index in [1.165, 1.54) is 0 Å². The molecule has 5 N–H and O–H groups in total. The molecular weight excluding hydrogens is 300 g/mol. The van der Waals surface area contributed by atoms with E-state index >= 15 is 0 Å². The Hall–Kier alpha value is -3.23. The lowest BCUT2D eigenvalue weighted by molar-refractivity contribution is 0.353. The van der Waals surface area contributed by atoms with Gasteiger partial charge in [-0.3, -0.25) is 0 Å². The van der Waals surface area contributed by atoms with Crippen molar-refractivity contribution in [3.63, 3.8) is 0 Å². The molecule has 5 nitrogen and oxygen atoms in total. The minimum atomic E-state index is 0.118. The molecule has 0 aromatic heterocycles. The highest BCUT2D eigenvalue weighted by Gasteiger charge is 2.06. The second-order valence-electron chi connectivity index (χ2n) is 5.26. The second-order valence-corrected chi connectivity index (χ2v) is 5.26. The standard InChI is InChI=1S/C19H20N4O/c1-14(10-15-6-3-2-4-7-15)13-24-17-9-5-8-16(11-17)19(21)18(12-20)23-22/h2-11,23H,13,21-22H2,1H3/b14-10+,19-18-. The number of hydrogen-bond donors (Lipinski definition) is 3. The number of allylic oxidation sites excluding steroid dienone is 1. The minimum absolute atomic E-state index is 0.118. The molecule has 0 bridgehead atoms. The molecule has 0 aliphatic heterocycles. The Morgan fingerprint density at radius 2 is 1.96 bits per heavy atom. The minimum Gasteiger partial charge on any atom is -0.489 e. The van der Waals surface area contributed by atoms with Gasteiger partial charge in [0.25, 0.3) is 0 Å². The topological polar surface area (TPSA) is 97.1 Å². The number of nitriles is 1. The van der Waals surface area contributed by atoms with Crippen LogP contribution in [0.4, 0.5) is 0 Å². The molecule has 2 aromatic rings. The lowest BCUT2D eigenvalue weighted by Crippen LogP contribution is -2.23.